The molecule has 6 heteroatoms. The lowest BCUT2D eigenvalue weighted by molar-refractivity contribution is 0.200. The van der Waals surface area contributed by atoms with Crippen LogP contribution in [0, 0.1) is 0 Å². The van der Waals surface area contributed by atoms with Crippen LogP contribution in [0.4, 0.5) is 9.18 Å². The zero-order valence-electron chi connectivity index (χ0n) is 11.8. The average Bonchev–Trinajstić information content (AvgIpc) is 3.01. The number of ether oxygens (including phenoxy) is 2. The van der Waals surface area contributed by atoms with Crippen LogP contribution in [0.25, 0.3) is 0 Å². The van der Waals surface area contributed by atoms with E-state index in [-0.39, 0.29) is 6.67 Å². The molecule has 1 aromatic carbocycles. The lowest BCUT2D eigenvalue weighted by atomic mass is 10.2. The van der Waals surface area contributed by atoms with Crippen LogP contribution in [-0.2, 0) is 4.74 Å². The van der Waals surface area contributed by atoms with Gasteiger partial charge in [0.05, 0.1) is 13.2 Å². The van der Waals surface area contributed by atoms with E-state index in [1.54, 1.807) is 18.2 Å². The molecule has 0 spiro atoms. The largest absolute Gasteiger partial charge is 0.476 e. The molecule has 114 valence electrons. The molecule has 0 fully saturated rings. The lowest BCUT2D eigenvalue weighted by Crippen LogP contribution is -2.27. The molecule has 2 rings (SSSR count). The molecule has 0 saturated carbocycles. The predicted molar refractivity (Wildman–Crippen MR) is 77.7 cm³/mol. The van der Waals surface area contributed by atoms with Gasteiger partial charge in [0, 0.05) is 12.1 Å². The Hall–Kier alpha value is -2.11. The maximum Gasteiger partial charge on any atom is 0.412 e. The number of alkyl halides is 1. The van der Waals surface area contributed by atoms with Crippen LogP contribution in [0.1, 0.15) is 24.8 Å². The van der Waals surface area contributed by atoms with E-state index in [0.29, 0.717) is 37.8 Å². The Morgan fingerprint density at radius 2 is 2.29 bits per heavy atom. The number of nitrogens with one attached hydrogen (secondary N) is 1. The van der Waals surface area contributed by atoms with Crippen molar-refractivity contribution in [2.75, 3.05) is 26.4 Å². The first kappa shape index (κ1) is 15.3. The summed E-state index contributed by atoms with van der Waals surface area (Å²) in [5, 5.41) is 2.63. The Bertz CT molecular complexity index is 505. The molecular weight excluding hydrogens is 274 g/mol. The van der Waals surface area contributed by atoms with Gasteiger partial charge in [-0.1, -0.05) is 6.07 Å². The van der Waals surface area contributed by atoms with E-state index >= 15 is 0 Å². The van der Waals surface area contributed by atoms with Gasteiger partial charge in [0.15, 0.2) is 0 Å². The highest BCUT2D eigenvalue weighted by molar-refractivity contribution is 5.95. The maximum absolute atomic E-state index is 11.9. The summed E-state index contributed by atoms with van der Waals surface area (Å²) in [6.45, 7) is 1.40. The fourth-order valence-electron chi connectivity index (χ4n) is 1.93. The van der Waals surface area contributed by atoms with Crippen LogP contribution in [-0.4, -0.2) is 38.4 Å². The van der Waals surface area contributed by atoms with E-state index in [1.807, 2.05) is 6.07 Å². The average molecular weight is 293 g/mol. The van der Waals surface area contributed by atoms with Crippen molar-refractivity contribution < 1.29 is 18.7 Å². The zero-order chi connectivity index (χ0) is 14.9. The topological polar surface area (TPSA) is 59.9 Å². The summed E-state index contributed by atoms with van der Waals surface area (Å²) >= 11 is 0. The summed E-state index contributed by atoms with van der Waals surface area (Å²) in [6.07, 6.45) is 1.51. The van der Waals surface area contributed by atoms with E-state index in [1.165, 1.54) is 0 Å². The maximum atomic E-state index is 11.9. The fourth-order valence-corrected chi connectivity index (χ4v) is 1.93. The minimum atomic E-state index is -0.512. The number of aliphatic imine (C=N–C) groups is 1. The Balaban J connectivity index is 1.79. The second-order valence-electron chi connectivity index (χ2n) is 4.63. The SMILES string of the molecule is O=C(NCCCCC[18F])Oc1cccc(C2=NCCO2)c1. The van der Waals surface area contributed by atoms with Gasteiger partial charge in [0.1, 0.15) is 12.4 Å². The van der Waals surface area contributed by atoms with E-state index in [9.17, 15) is 9.18 Å². The molecular formula is C15H19FN2O3. The zero-order valence-corrected chi connectivity index (χ0v) is 11.8. The molecule has 0 unspecified atom stereocenters. The van der Waals surface area contributed by atoms with E-state index in [0.717, 1.165) is 18.4 Å². The van der Waals surface area contributed by atoms with Crippen LogP contribution in [0.2, 0.25) is 0 Å². The third-order valence-corrected chi connectivity index (χ3v) is 2.96. The fraction of sp³-hybridized carbons (Fsp3) is 0.467. The third-order valence-electron chi connectivity index (χ3n) is 2.96. The number of halogens is 1. The highest BCUT2D eigenvalue weighted by Gasteiger charge is 2.12. The third kappa shape index (κ3) is 5.06. The van der Waals surface area contributed by atoms with Gasteiger partial charge in [-0.3, -0.25) is 4.39 Å². The smallest absolute Gasteiger partial charge is 0.412 e. The highest BCUT2D eigenvalue weighted by atomic mass is 18.2. The minimum absolute atomic E-state index is 0.316. The summed E-state index contributed by atoms with van der Waals surface area (Å²) in [5.41, 5.74) is 0.792. The molecule has 0 aromatic heterocycles. The molecule has 0 atom stereocenters. The molecule has 0 radical (unpaired) electrons. The molecule has 0 saturated heterocycles. The first-order valence-electron chi connectivity index (χ1n) is 7.09. The monoisotopic (exact) mass is 293 g/mol. The molecule has 0 bridgehead atoms. The Kier molecular flexibility index (Phi) is 5.99. The summed E-state index contributed by atoms with van der Waals surface area (Å²) in [6, 6.07) is 7.05. The van der Waals surface area contributed by atoms with Gasteiger partial charge < -0.3 is 14.8 Å². The van der Waals surface area contributed by atoms with Gasteiger partial charge in [0.2, 0.25) is 5.90 Å². The van der Waals surface area contributed by atoms with Gasteiger partial charge in [-0.05, 0) is 37.5 Å². The van der Waals surface area contributed by atoms with Gasteiger partial charge in [-0.2, -0.15) is 0 Å². The second-order valence-corrected chi connectivity index (χ2v) is 4.63. The van der Waals surface area contributed by atoms with Gasteiger partial charge in [0.25, 0.3) is 0 Å². The van der Waals surface area contributed by atoms with Gasteiger partial charge in [-0.25, -0.2) is 9.79 Å². The molecule has 1 N–H and O–H groups in total. The number of amides is 1. The number of carbonyl (C=O) groups is 1. The van der Waals surface area contributed by atoms with Crippen molar-refractivity contribution in [3.05, 3.63) is 29.8 Å². The minimum Gasteiger partial charge on any atom is -0.476 e. The first-order valence-corrected chi connectivity index (χ1v) is 7.09. The van der Waals surface area contributed by atoms with E-state index in [4.69, 9.17) is 9.47 Å². The van der Waals surface area contributed by atoms with Crippen molar-refractivity contribution in [2.45, 2.75) is 19.3 Å². The molecule has 1 aromatic rings. The summed E-state index contributed by atoms with van der Waals surface area (Å²) in [5.74, 6) is 1.01. The number of hydrogen-bond donors (Lipinski definition) is 1. The highest BCUT2D eigenvalue weighted by Crippen LogP contribution is 2.16. The molecule has 1 amide bonds. The normalized spacial score (nSPS) is 13.5. The molecule has 1 aliphatic heterocycles. The second kappa shape index (κ2) is 8.24. The van der Waals surface area contributed by atoms with Crippen molar-refractivity contribution in [3.8, 4) is 5.75 Å². The van der Waals surface area contributed by atoms with Crippen LogP contribution in [0.15, 0.2) is 29.3 Å². The van der Waals surface area contributed by atoms with Crippen molar-refractivity contribution in [2.24, 2.45) is 4.99 Å². The quantitative estimate of drug-likeness (QED) is 0.786. The van der Waals surface area contributed by atoms with Crippen LogP contribution in [0.5, 0.6) is 5.75 Å². The summed E-state index contributed by atoms with van der Waals surface area (Å²) < 4.78 is 22.5. The van der Waals surface area contributed by atoms with Crippen LogP contribution in [0.3, 0.4) is 0 Å². The van der Waals surface area contributed by atoms with E-state index < -0.39 is 6.09 Å². The number of rotatable bonds is 7. The van der Waals surface area contributed by atoms with E-state index in [2.05, 4.69) is 10.3 Å². The number of nitrogens with zero attached hydrogens (tertiary/aromatic N) is 1. The van der Waals surface area contributed by atoms with Gasteiger partial charge >= 0.3 is 6.09 Å². The predicted octanol–water partition coefficient (Wildman–Crippen LogP) is 2.69. The summed E-state index contributed by atoms with van der Waals surface area (Å²) in [4.78, 5) is 15.8. The molecule has 21 heavy (non-hydrogen) atoms. The van der Waals surface area contributed by atoms with Crippen LogP contribution >= 0.6 is 0 Å². The first-order chi connectivity index (χ1) is 10.3. The van der Waals surface area contributed by atoms with Crippen LogP contribution < -0.4 is 10.1 Å². The number of benzene rings is 1. The molecule has 5 nitrogen and oxygen atoms in total. The van der Waals surface area contributed by atoms with Gasteiger partial charge in [-0.15, -0.1) is 0 Å². The summed E-state index contributed by atoms with van der Waals surface area (Å²) in [7, 11) is 0. The van der Waals surface area contributed by atoms with Crippen molar-refractivity contribution in [3.63, 3.8) is 0 Å². The molecule has 1 heterocycles. The van der Waals surface area contributed by atoms with Crippen molar-refractivity contribution in [1.29, 1.82) is 0 Å². The Morgan fingerprint density at radius 3 is 3.05 bits per heavy atom. The number of hydrogen-bond acceptors (Lipinski definition) is 4. The number of unbranched alkanes of at least 4 members (excludes halogenated alkanes) is 2. The number of carbonyl (C=O) groups excluding carboxylic acids is 1. The molecule has 0 aliphatic carbocycles. The van der Waals surface area contributed by atoms with Crippen molar-refractivity contribution in [1.82, 2.24) is 5.32 Å². The Morgan fingerprint density at radius 1 is 1.38 bits per heavy atom. The lowest BCUT2D eigenvalue weighted by Gasteiger charge is -2.08. The standard InChI is InChI=1S/C15H19FN2O3/c16-7-2-1-3-8-18-15(19)21-13-6-4-5-12(11-13)14-17-9-10-20-14/h4-6,11H,1-3,7-10H2,(H,18,19)/i16-1. The molecule has 1 aliphatic rings. The Labute approximate surface area is 123 Å². The van der Waals surface area contributed by atoms with Crippen molar-refractivity contribution >= 4 is 12.0 Å².